The normalized spacial score (nSPS) is 17.0. The number of benzene rings is 2. The van der Waals surface area contributed by atoms with Crippen molar-refractivity contribution in [2.75, 3.05) is 6.61 Å². The molecule has 0 aliphatic carbocycles. The molecular formula is C20H19ClN2O2S. The molecule has 0 N–H and O–H groups in total. The molecular weight excluding hydrogens is 368 g/mol. The van der Waals surface area contributed by atoms with Crippen molar-refractivity contribution in [3.63, 3.8) is 0 Å². The Kier molecular flexibility index (Phi) is 5.29. The van der Waals surface area contributed by atoms with Crippen molar-refractivity contribution in [1.29, 1.82) is 0 Å². The number of aromatic nitrogens is 2. The summed E-state index contributed by atoms with van der Waals surface area (Å²) in [5, 5.41) is 2.09. The van der Waals surface area contributed by atoms with Gasteiger partial charge in [-0.25, -0.2) is 4.98 Å². The SMILES string of the molecule is O=c1c2ccccc2nc(SCc2cccc(Cl)c2)n1C[C@H]1CCCO1. The first-order valence-electron chi connectivity index (χ1n) is 8.69. The highest BCUT2D eigenvalue weighted by atomic mass is 35.5. The van der Waals surface area contributed by atoms with E-state index in [0.29, 0.717) is 22.7 Å². The monoisotopic (exact) mass is 386 g/mol. The summed E-state index contributed by atoms with van der Waals surface area (Å²) >= 11 is 7.64. The zero-order valence-corrected chi connectivity index (χ0v) is 15.8. The van der Waals surface area contributed by atoms with Crippen molar-refractivity contribution >= 4 is 34.3 Å². The van der Waals surface area contributed by atoms with Gasteiger partial charge in [-0.2, -0.15) is 0 Å². The largest absolute Gasteiger partial charge is 0.376 e. The van der Waals surface area contributed by atoms with E-state index in [1.54, 1.807) is 16.3 Å². The summed E-state index contributed by atoms with van der Waals surface area (Å²) in [6, 6.07) is 15.3. The average molecular weight is 387 g/mol. The number of ether oxygens (including phenoxy) is 1. The van der Waals surface area contributed by atoms with Gasteiger partial charge in [-0.1, -0.05) is 47.6 Å². The van der Waals surface area contributed by atoms with Crippen molar-refractivity contribution < 1.29 is 4.74 Å². The molecule has 4 nitrogen and oxygen atoms in total. The van der Waals surface area contributed by atoms with E-state index in [-0.39, 0.29) is 11.7 Å². The van der Waals surface area contributed by atoms with Crippen molar-refractivity contribution in [2.24, 2.45) is 0 Å². The first-order valence-corrected chi connectivity index (χ1v) is 10.1. The van der Waals surface area contributed by atoms with Gasteiger partial charge in [0, 0.05) is 17.4 Å². The Morgan fingerprint density at radius 2 is 2.12 bits per heavy atom. The third kappa shape index (κ3) is 3.80. The molecule has 1 aliphatic heterocycles. The van der Waals surface area contributed by atoms with E-state index in [0.717, 1.165) is 35.7 Å². The molecule has 3 aromatic rings. The minimum absolute atomic E-state index is 0.000283. The number of nitrogens with zero attached hydrogens (tertiary/aromatic N) is 2. The van der Waals surface area contributed by atoms with E-state index in [4.69, 9.17) is 21.3 Å². The number of thioether (sulfide) groups is 1. The fourth-order valence-corrected chi connectivity index (χ4v) is 4.35. The van der Waals surface area contributed by atoms with Crippen LogP contribution >= 0.6 is 23.4 Å². The van der Waals surface area contributed by atoms with Crippen molar-refractivity contribution in [1.82, 2.24) is 9.55 Å². The predicted molar refractivity (Wildman–Crippen MR) is 106 cm³/mol. The predicted octanol–water partition coefficient (Wildman–Crippen LogP) is 4.52. The van der Waals surface area contributed by atoms with Crippen LogP contribution in [0, 0.1) is 0 Å². The lowest BCUT2D eigenvalue weighted by Gasteiger charge is -2.16. The molecule has 0 amide bonds. The number of para-hydroxylation sites is 1. The van der Waals surface area contributed by atoms with E-state index in [1.807, 2.05) is 48.5 Å². The van der Waals surface area contributed by atoms with Crippen LogP contribution < -0.4 is 5.56 Å². The van der Waals surface area contributed by atoms with Gasteiger partial charge in [-0.3, -0.25) is 9.36 Å². The lowest BCUT2D eigenvalue weighted by atomic mass is 10.2. The minimum Gasteiger partial charge on any atom is -0.376 e. The fraction of sp³-hybridized carbons (Fsp3) is 0.300. The third-order valence-electron chi connectivity index (χ3n) is 4.49. The zero-order valence-electron chi connectivity index (χ0n) is 14.2. The highest BCUT2D eigenvalue weighted by Gasteiger charge is 2.20. The number of fused-ring (bicyclic) bond motifs is 1. The highest BCUT2D eigenvalue weighted by Crippen LogP contribution is 2.25. The summed E-state index contributed by atoms with van der Waals surface area (Å²) in [5.41, 5.74) is 1.84. The summed E-state index contributed by atoms with van der Waals surface area (Å²) in [6.45, 7) is 1.32. The third-order valence-corrected chi connectivity index (χ3v) is 5.78. The molecule has 0 unspecified atom stereocenters. The van der Waals surface area contributed by atoms with Crippen LogP contribution in [0.1, 0.15) is 18.4 Å². The van der Waals surface area contributed by atoms with Gasteiger partial charge < -0.3 is 4.74 Å². The topological polar surface area (TPSA) is 44.1 Å². The van der Waals surface area contributed by atoms with Crippen LogP contribution in [0.15, 0.2) is 58.5 Å². The molecule has 0 saturated carbocycles. The summed E-state index contributed by atoms with van der Waals surface area (Å²) in [7, 11) is 0. The fourth-order valence-electron chi connectivity index (χ4n) is 3.19. The molecule has 2 heterocycles. The molecule has 1 aliphatic rings. The number of rotatable bonds is 5. The second-order valence-electron chi connectivity index (χ2n) is 6.38. The van der Waals surface area contributed by atoms with E-state index in [2.05, 4.69) is 0 Å². The Balaban J connectivity index is 1.69. The molecule has 6 heteroatoms. The van der Waals surface area contributed by atoms with Crippen LogP contribution in [0.2, 0.25) is 5.02 Å². The summed E-state index contributed by atoms with van der Waals surface area (Å²) < 4.78 is 7.51. The smallest absolute Gasteiger partial charge is 0.262 e. The molecule has 4 rings (SSSR count). The van der Waals surface area contributed by atoms with E-state index in [9.17, 15) is 4.79 Å². The molecule has 1 atom stereocenters. The second kappa shape index (κ2) is 7.82. The summed E-state index contributed by atoms with van der Waals surface area (Å²) in [4.78, 5) is 17.8. The molecule has 2 aromatic carbocycles. The quantitative estimate of drug-likeness (QED) is 0.477. The van der Waals surface area contributed by atoms with Crippen LogP contribution in [0.4, 0.5) is 0 Å². The summed E-state index contributed by atoms with van der Waals surface area (Å²) in [6.07, 6.45) is 2.12. The second-order valence-corrected chi connectivity index (χ2v) is 7.76. The Morgan fingerprint density at radius 1 is 1.23 bits per heavy atom. The molecule has 1 fully saturated rings. The zero-order chi connectivity index (χ0) is 17.9. The minimum atomic E-state index is -0.000283. The molecule has 0 bridgehead atoms. The van der Waals surface area contributed by atoms with E-state index < -0.39 is 0 Å². The maximum atomic E-state index is 13.0. The van der Waals surface area contributed by atoms with Crippen LogP contribution in [-0.4, -0.2) is 22.3 Å². The molecule has 0 spiro atoms. The maximum absolute atomic E-state index is 13.0. The van der Waals surface area contributed by atoms with Crippen molar-refractivity contribution in [3.05, 3.63) is 69.5 Å². The Bertz CT molecular complexity index is 983. The van der Waals surface area contributed by atoms with Gasteiger partial charge in [-0.05, 0) is 42.7 Å². The standard InChI is InChI=1S/C20H19ClN2O2S/c21-15-6-3-5-14(11-15)13-26-20-22-18-9-2-1-8-17(18)19(24)23(20)12-16-7-4-10-25-16/h1-3,5-6,8-9,11,16H,4,7,10,12-13H2/t16-/m1/s1. The number of hydrogen-bond acceptors (Lipinski definition) is 4. The number of halogens is 1. The van der Waals surface area contributed by atoms with Crippen LogP contribution in [0.5, 0.6) is 0 Å². The molecule has 1 saturated heterocycles. The first kappa shape index (κ1) is 17.6. The lowest BCUT2D eigenvalue weighted by molar-refractivity contribution is 0.0937. The van der Waals surface area contributed by atoms with Gasteiger partial charge in [0.05, 0.1) is 23.6 Å². The van der Waals surface area contributed by atoms with E-state index >= 15 is 0 Å². The Hall–Kier alpha value is -1.82. The van der Waals surface area contributed by atoms with Crippen molar-refractivity contribution in [2.45, 2.75) is 36.4 Å². The highest BCUT2D eigenvalue weighted by molar-refractivity contribution is 7.98. The van der Waals surface area contributed by atoms with Gasteiger partial charge in [-0.15, -0.1) is 0 Å². The van der Waals surface area contributed by atoms with Crippen molar-refractivity contribution in [3.8, 4) is 0 Å². The van der Waals surface area contributed by atoms with Gasteiger partial charge in [0.25, 0.3) is 5.56 Å². The molecule has 0 radical (unpaired) electrons. The Morgan fingerprint density at radius 3 is 2.92 bits per heavy atom. The van der Waals surface area contributed by atoms with Crippen LogP contribution in [-0.2, 0) is 17.0 Å². The van der Waals surface area contributed by atoms with Crippen LogP contribution in [0.25, 0.3) is 10.9 Å². The van der Waals surface area contributed by atoms with Crippen LogP contribution in [0.3, 0.4) is 0 Å². The molecule has 134 valence electrons. The maximum Gasteiger partial charge on any atom is 0.262 e. The number of hydrogen-bond donors (Lipinski definition) is 0. The lowest BCUT2D eigenvalue weighted by Crippen LogP contribution is -2.28. The first-order chi connectivity index (χ1) is 12.7. The summed E-state index contributed by atoms with van der Waals surface area (Å²) in [5.74, 6) is 0.705. The van der Waals surface area contributed by atoms with Gasteiger partial charge in [0.1, 0.15) is 0 Å². The Labute approximate surface area is 161 Å². The van der Waals surface area contributed by atoms with Gasteiger partial charge >= 0.3 is 0 Å². The molecule has 1 aromatic heterocycles. The van der Waals surface area contributed by atoms with E-state index in [1.165, 1.54) is 0 Å². The molecule has 26 heavy (non-hydrogen) atoms. The van der Waals surface area contributed by atoms with Gasteiger partial charge in [0.2, 0.25) is 0 Å². The average Bonchev–Trinajstić information content (AvgIpc) is 3.16. The van der Waals surface area contributed by atoms with Gasteiger partial charge in [0.15, 0.2) is 5.16 Å².